The van der Waals surface area contributed by atoms with E-state index in [1.54, 1.807) is 0 Å². The molecule has 1 aromatic carbocycles. The van der Waals surface area contributed by atoms with E-state index in [4.69, 9.17) is 0 Å². The zero-order chi connectivity index (χ0) is 13.6. The first kappa shape index (κ1) is 12.6. The van der Waals surface area contributed by atoms with E-state index in [0.29, 0.717) is 0 Å². The molecule has 0 atom stereocenters. The number of aryl methyl sites for hydroxylation is 2. The molecular weight excluding hydrogens is 322 g/mol. The maximum absolute atomic E-state index is 12.6. The van der Waals surface area contributed by atoms with E-state index in [0.717, 1.165) is 36.3 Å². The van der Waals surface area contributed by atoms with Crippen LogP contribution < -0.4 is 0 Å². The van der Waals surface area contributed by atoms with Gasteiger partial charge in [-0.15, -0.1) is 11.3 Å². The number of rotatable bonds is 2. The van der Waals surface area contributed by atoms with Gasteiger partial charge in [0.25, 0.3) is 0 Å². The number of benzene rings is 1. The van der Waals surface area contributed by atoms with Crippen LogP contribution in [0.2, 0.25) is 0 Å². The van der Waals surface area contributed by atoms with Gasteiger partial charge in [-0.25, -0.2) is 0 Å². The van der Waals surface area contributed by atoms with Gasteiger partial charge in [-0.1, -0.05) is 12.1 Å². The Kier molecular flexibility index (Phi) is 3.07. The van der Waals surface area contributed by atoms with E-state index in [1.165, 1.54) is 11.3 Å². The second kappa shape index (κ2) is 4.62. The highest BCUT2D eigenvalue weighted by Gasteiger charge is 2.18. The normalized spacial score (nSPS) is 11.1. The van der Waals surface area contributed by atoms with Crippen molar-refractivity contribution in [2.45, 2.75) is 13.8 Å². The van der Waals surface area contributed by atoms with Gasteiger partial charge in [-0.3, -0.25) is 4.79 Å². The summed E-state index contributed by atoms with van der Waals surface area (Å²) in [5.74, 6) is 0.0827. The van der Waals surface area contributed by atoms with Crippen molar-refractivity contribution in [3.63, 3.8) is 0 Å². The topological polar surface area (TPSA) is 32.9 Å². The summed E-state index contributed by atoms with van der Waals surface area (Å²) in [7, 11) is 0. The van der Waals surface area contributed by atoms with E-state index < -0.39 is 0 Å². The van der Waals surface area contributed by atoms with Crippen molar-refractivity contribution >= 4 is 44.0 Å². The molecule has 1 N–H and O–H groups in total. The molecule has 3 aromatic rings. The number of aromatic nitrogens is 1. The van der Waals surface area contributed by atoms with Crippen LogP contribution in [0.25, 0.3) is 10.9 Å². The lowest BCUT2D eigenvalue weighted by Crippen LogP contribution is -1.97. The van der Waals surface area contributed by atoms with Gasteiger partial charge in [0.2, 0.25) is 5.78 Å². The third kappa shape index (κ3) is 2.05. The van der Waals surface area contributed by atoms with Gasteiger partial charge in [0.1, 0.15) is 0 Å². The minimum absolute atomic E-state index is 0.0827. The minimum Gasteiger partial charge on any atom is -0.360 e. The second-order valence-corrected chi connectivity index (χ2v) is 6.97. The Morgan fingerprint density at radius 2 is 2.05 bits per heavy atom. The van der Waals surface area contributed by atoms with E-state index in [9.17, 15) is 4.79 Å². The lowest BCUT2D eigenvalue weighted by Gasteiger charge is -1.99. The number of H-pyrrole nitrogens is 1. The molecule has 0 fully saturated rings. The van der Waals surface area contributed by atoms with Gasteiger partial charge in [0.05, 0.1) is 8.66 Å². The SMILES string of the molecule is Cc1cc(C(=O)c2c[nH]c3cccc(C)c23)sc1Br. The third-order valence-corrected chi connectivity index (χ3v) is 5.38. The van der Waals surface area contributed by atoms with Crippen LogP contribution in [-0.4, -0.2) is 10.8 Å². The van der Waals surface area contributed by atoms with Crippen LogP contribution in [0.3, 0.4) is 0 Å². The molecule has 0 unspecified atom stereocenters. The van der Waals surface area contributed by atoms with Crippen molar-refractivity contribution in [1.29, 1.82) is 0 Å². The third-order valence-electron chi connectivity index (χ3n) is 3.24. The Labute approximate surface area is 123 Å². The Balaban J connectivity index is 2.17. The number of aromatic amines is 1. The number of fused-ring (bicyclic) bond motifs is 1. The molecular formula is C15H12BrNOS. The molecule has 0 aliphatic rings. The van der Waals surface area contributed by atoms with Gasteiger partial charge in [0.15, 0.2) is 0 Å². The summed E-state index contributed by atoms with van der Waals surface area (Å²) >= 11 is 4.96. The smallest absolute Gasteiger partial charge is 0.205 e. The number of carbonyl (C=O) groups is 1. The van der Waals surface area contributed by atoms with Crippen molar-refractivity contribution in [2.75, 3.05) is 0 Å². The van der Waals surface area contributed by atoms with Gasteiger partial charge < -0.3 is 4.98 Å². The molecule has 0 bridgehead atoms. The van der Waals surface area contributed by atoms with Crippen LogP contribution in [0, 0.1) is 13.8 Å². The number of hydrogen-bond donors (Lipinski definition) is 1. The first-order valence-electron chi connectivity index (χ1n) is 5.95. The van der Waals surface area contributed by atoms with E-state index >= 15 is 0 Å². The van der Waals surface area contributed by atoms with E-state index in [-0.39, 0.29) is 5.78 Å². The zero-order valence-corrected chi connectivity index (χ0v) is 13.0. The van der Waals surface area contributed by atoms with Gasteiger partial charge in [-0.2, -0.15) is 0 Å². The molecule has 19 heavy (non-hydrogen) atoms. The molecule has 0 saturated heterocycles. The second-order valence-electron chi connectivity index (χ2n) is 4.60. The molecule has 2 nitrogen and oxygen atoms in total. The Morgan fingerprint density at radius 1 is 1.26 bits per heavy atom. The van der Waals surface area contributed by atoms with Gasteiger partial charge in [0, 0.05) is 22.7 Å². The Bertz CT molecular complexity index is 765. The maximum Gasteiger partial charge on any atom is 0.205 e. The number of hydrogen-bond acceptors (Lipinski definition) is 2. The monoisotopic (exact) mass is 333 g/mol. The highest BCUT2D eigenvalue weighted by molar-refractivity contribution is 9.11. The van der Waals surface area contributed by atoms with Crippen LogP contribution in [0.5, 0.6) is 0 Å². The van der Waals surface area contributed by atoms with Crippen molar-refractivity contribution in [3.05, 3.63) is 55.8 Å². The number of ketones is 1. The van der Waals surface area contributed by atoms with Crippen LogP contribution in [0.15, 0.2) is 34.2 Å². The average molecular weight is 334 g/mol. The van der Waals surface area contributed by atoms with Crippen LogP contribution in [-0.2, 0) is 0 Å². The first-order chi connectivity index (χ1) is 9.08. The lowest BCUT2D eigenvalue weighted by atomic mass is 10.0. The van der Waals surface area contributed by atoms with Crippen LogP contribution in [0.4, 0.5) is 0 Å². The largest absolute Gasteiger partial charge is 0.360 e. The fourth-order valence-corrected chi connectivity index (χ4v) is 3.74. The van der Waals surface area contributed by atoms with E-state index in [1.807, 2.05) is 44.3 Å². The zero-order valence-electron chi connectivity index (χ0n) is 10.6. The molecule has 0 amide bonds. The summed E-state index contributed by atoms with van der Waals surface area (Å²) < 4.78 is 1.02. The molecule has 2 aromatic heterocycles. The molecule has 0 spiro atoms. The van der Waals surface area contributed by atoms with Crippen molar-refractivity contribution in [3.8, 4) is 0 Å². The minimum atomic E-state index is 0.0827. The van der Waals surface area contributed by atoms with Crippen LogP contribution >= 0.6 is 27.3 Å². The van der Waals surface area contributed by atoms with Gasteiger partial charge in [-0.05, 0) is 53.0 Å². The molecule has 0 aliphatic heterocycles. The molecule has 0 aliphatic carbocycles. The predicted molar refractivity (Wildman–Crippen MR) is 83.2 cm³/mol. The first-order valence-corrected chi connectivity index (χ1v) is 7.56. The highest BCUT2D eigenvalue weighted by atomic mass is 79.9. The summed E-state index contributed by atoms with van der Waals surface area (Å²) in [5.41, 5.74) is 3.98. The molecule has 96 valence electrons. The number of nitrogens with one attached hydrogen (secondary N) is 1. The number of carbonyl (C=O) groups excluding carboxylic acids is 1. The quantitative estimate of drug-likeness (QED) is 0.668. The standard InChI is InChI=1S/C15H12BrNOS/c1-8-4-3-5-11-13(8)10(7-17-11)14(18)12-6-9(2)15(16)19-12/h3-7,17H,1-2H3. The summed E-state index contributed by atoms with van der Waals surface area (Å²) in [5, 5.41) is 1.02. The maximum atomic E-state index is 12.6. The Hall–Kier alpha value is -1.39. The summed E-state index contributed by atoms with van der Waals surface area (Å²) in [6.45, 7) is 4.03. The van der Waals surface area contributed by atoms with E-state index in [2.05, 4.69) is 20.9 Å². The molecule has 0 radical (unpaired) electrons. The fraction of sp³-hybridized carbons (Fsp3) is 0.133. The molecule has 2 heterocycles. The van der Waals surface area contributed by atoms with Crippen molar-refractivity contribution in [2.24, 2.45) is 0 Å². The highest BCUT2D eigenvalue weighted by Crippen LogP contribution is 2.31. The molecule has 4 heteroatoms. The van der Waals surface area contributed by atoms with Crippen molar-refractivity contribution < 1.29 is 4.79 Å². The Morgan fingerprint density at radius 3 is 2.74 bits per heavy atom. The van der Waals surface area contributed by atoms with Crippen molar-refractivity contribution in [1.82, 2.24) is 4.98 Å². The lowest BCUT2D eigenvalue weighted by molar-refractivity contribution is 0.104. The number of halogens is 1. The fourth-order valence-electron chi connectivity index (χ4n) is 2.25. The summed E-state index contributed by atoms with van der Waals surface area (Å²) in [6.07, 6.45) is 1.81. The van der Waals surface area contributed by atoms with Gasteiger partial charge >= 0.3 is 0 Å². The summed E-state index contributed by atoms with van der Waals surface area (Å²) in [6, 6.07) is 7.96. The predicted octanol–water partition coefficient (Wildman–Crippen LogP) is 4.84. The molecule has 0 saturated carbocycles. The average Bonchev–Trinajstić information content (AvgIpc) is 2.94. The molecule has 3 rings (SSSR count). The van der Waals surface area contributed by atoms with Crippen LogP contribution in [0.1, 0.15) is 26.4 Å². The number of thiophene rings is 1. The summed E-state index contributed by atoms with van der Waals surface area (Å²) in [4.78, 5) is 16.6.